The average Bonchev–Trinajstić information content (AvgIpc) is 2.61. The summed E-state index contributed by atoms with van der Waals surface area (Å²) in [4.78, 5) is 16.8. The zero-order valence-electron chi connectivity index (χ0n) is 12.8. The van der Waals surface area contributed by atoms with Gasteiger partial charge in [0.15, 0.2) is 0 Å². The molecule has 2 amide bonds. The van der Waals surface area contributed by atoms with Gasteiger partial charge in [-0.1, -0.05) is 54.1 Å². The fourth-order valence-corrected chi connectivity index (χ4v) is 2.58. The van der Waals surface area contributed by atoms with E-state index in [1.54, 1.807) is 30.5 Å². The molecular formula is C19H16ClN3O. The molecule has 0 radical (unpaired) electrons. The van der Waals surface area contributed by atoms with Crippen LogP contribution in [-0.2, 0) is 0 Å². The topological polar surface area (TPSA) is 54.0 Å². The molecule has 0 fully saturated rings. The van der Waals surface area contributed by atoms with Crippen LogP contribution >= 0.6 is 11.6 Å². The first kappa shape index (κ1) is 16.0. The van der Waals surface area contributed by atoms with Crippen LogP contribution in [0.3, 0.4) is 0 Å². The number of benzene rings is 2. The minimum absolute atomic E-state index is 0.322. The lowest BCUT2D eigenvalue weighted by Crippen LogP contribution is -2.33. The van der Waals surface area contributed by atoms with Gasteiger partial charge in [0.05, 0.1) is 11.7 Å². The van der Waals surface area contributed by atoms with Crippen molar-refractivity contribution in [2.24, 2.45) is 0 Å². The Kier molecular flexibility index (Phi) is 5.08. The molecule has 2 N–H and O–H groups in total. The molecule has 0 unspecified atom stereocenters. The molecule has 3 aromatic rings. The van der Waals surface area contributed by atoms with Gasteiger partial charge in [0, 0.05) is 16.9 Å². The summed E-state index contributed by atoms with van der Waals surface area (Å²) >= 11 is 5.94. The van der Waals surface area contributed by atoms with Crippen molar-refractivity contribution in [2.45, 2.75) is 6.04 Å². The number of rotatable bonds is 4. The van der Waals surface area contributed by atoms with E-state index >= 15 is 0 Å². The fourth-order valence-electron chi connectivity index (χ4n) is 2.38. The number of halogens is 1. The SMILES string of the molecule is O=C(Nc1cccc(Cl)c1)N[C@H](c1ccccc1)c1ccccn1. The standard InChI is InChI=1S/C19H16ClN3O/c20-15-9-6-10-16(13-15)22-19(24)23-18(14-7-2-1-3-8-14)17-11-4-5-12-21-17/h1-13,18H,(H2,22,23,24)/t18-/m1/s1. The number of nitrogens with one attached hydrogen (secondary N) is 2. The van der Waals surface area contributed by atoms with Crippen molar-refractivity contribution in [3.8, 4) is 0 Å². The van der Waals surface area contributed by atoms with Crippen molar-refractivity contribution in [2.75, 3.05) is 5.32 Å². The van der Waals surface area contributed by atoms with Crippen molar-refractivity contribution in [1.82, 2.24) is 10.3 Å². The fraction of sp³-hybridized carbons (Fsp3) is 0.0526. The molecule has 5 heteroatoms. The maximum absolute atomic E-state index is 12.4. The molecule has 1 heterocycles. The molecule has 120 valence electrons. The van der Waals surface area contributed by atoms with Gasteiger partial charge >= 0.3 is 6.03 Å². The predicted octanol–water partition coefficient (Wildman–Crippen LogP) is 4.65. The first-order valence-corrected chi connectivity index (χ1v) is 7.89. The van der Waals surface area contributed by atoms with Crippen LogP contribution in [0.1, 0.15) is 17.3 Å². The van der Waals surface area contributed by atoms with E-state index in [0.29, 0.717) is 10.7 Å². The van der Waals surface area contributed by atoms with E-state index < -0.39 is 0 Å². The van der Waals surface area contributed by atoms with E-state index in [2.05, 4.69) is 15.6 Å². The molecule has 0 spiro atoms. The zero-order valence-corrected chi connectivity index (χ0v) is 13.6. The second-order valence-corrected chi connectivity index (χ2v) is 5.64. The number of anilines is 1. The van der Waals surface area contributed by atoms with E-state index in [-0.39, 0.29) is 12.1 Å². The maximum atomic E-state index is 12.4. The van der Waals surface area contributed by atoms with Crippen LogP contribution < -0.4 is 10.6 Å². The second kappa shape index (κ2) is 7.62. The van der Waals surface area contributed by atoms with E-state index in [9.17, 15) is 4.79 Å². The third-order valence-corrected chi connectivity index (χ3v) is 3.71. The summed E-state index contributed by atoms with van der Waals surface area (Å²) in [7, 11) is 0. The summed E-state index contributed by atoms with van der Waals surface area (Å²) < 4.78 is 0. The molecule has 1 aromatic heterocycles. The molecule has 3 rings (SSSR count). The van der Waals surface area contributed by atoms with E-state index in [0.717, 1.165) is 11.3 Å². The number of pyridine rings is 1. The monoisotopic (exact) mass is 337 g/mol. The lowest BCUT2D eigenvalue weighted by atomic mass is 10.0. The number of carbonyl (C=O) groups is 1. The molecule has 0 aliphatic rings. The highest BCUT2D eigenvalue weighted by molar-refractivity contribution is 6.30. The largest absolute Gasteiger partial charge is 0.325 e. The molecule has 0 bridgehead atoms. The Hall–Kier alpha value is -2.85. The van der Waals surface area contributed by atoms with Crippen molar-refractivity contribution < 1.29 is 4.79 Å². The highest BCUT2D eigenvalue weighted by Crippen LogP contribution is 2.20. The van der Waals surface area contributed by atoms with Gasteiger partial charge in [0.1, 0.15) is 0 Å². The van der Waals surface area contributed by atoms with Gasteiger partial charge in [-0.05, 0) is 35.9 Å². The van der Waals surface area contributed by atoms with Gasteiger partial charge in [-0.2, -0.15) is 0 Å². The average molecular weight is 338 g/mol. The van der Waals surface area contributed by atoms with Crippen LogP contribution in [0.15, 0.2) is 79.0 Å². The number of aromatic nitrogens is 1. The van der Waals surface area contributed by atoms with Crippen molar-refractivity contribution in [3.63, 3.8) is 0 Å². The summed E-state index contributed by atoms with van der Waals surface area (Å²) in [6.45, 7) is 0. The Morgan fingerprint density at radius 1 is 0.958 bits per heavy atom. The van der Waals surface area contributed by atoms with Crippen molar-refractivity contribution in [1.29, 1.82) is 0 Å². The summed E-state index contributed by atoms with van der Waals surface area (Å²) in [5, 5.41) is 6.32. The Labute approximate surface area is 145 Å². The minimum Gasteiger partial charge on any atom is -0.325 e. The van der Waals surface area contributed by atoms with Gasteiger partial charge < -0.3 is 10.6 Å². The summed E-state index contributed by atoms with van der Waals surface area (Å²) in [5.41, 5.74) is 2.36. The van der Waals surface area contributed by atoms with Gasteiger partial charge in [-0.3, -0.25) is 4.98 Å². The summed E-state index contributed by atoms with van der Waals surface area (Å²) in [5.74, 6) is 0. The Morgan fingerprint density at radius 3 is 2.46 bits per heavy atom. The number of hydrogen-bond donors (Lipinski definition) is 2. The molecule has 0 saturated carbocycles. The summed E-state index contributed by atoms with van der Waals surface area (Å²) in [6.07, 6.45) is 1.71. The van der Waals surface area contributed by atoms with Crippen LogP contribution in [-0.4, -0.2) is 11.0 Å². The molecule has 0 saturated heterocycles. The van der Waals surface area contributed by atoms with Crippen LogP contribution in [0.4, 0.5) is 10.5 Å². The van der Waals surface area contributed by atoms with Crippen molar-refractivity contribution in [3.05, 3.63) is 95.3 Å². The van der Waals surface area contributed by atoms with Gasteiger partial charge in [-0.25, -0.2) is 4.79 Å². The number of nitrogens with zero attached hydrogens (tertiary/aromatic N) is 1. The third kappa shape index (κ3) is 4.12. The smallest absolute Gasteiger partial charge is 0.320 e. The van der Waals surface area contributed by atoms with Crippen LogP contribution in [0.25, 0.3) is 0 Å². The van der Waals surface area contributed by atoms with Gasteiger partial charge in [-0.15, -0.1) is 0 Å². The Bertz CT molecular complexity index is 770. The molecule has 24 heavy (non-hydrogen) atoms. The third-order valence-electron chi connectivity index (χ3n) is 3.47. The number of urea groups is 1. The molecule has 0 aliphatic heterocycles. The lowest BCUT2D eigenvalue weighted by Gasteiger charge is -2.19. The maximum Gasteiger partial charge on any atom is 0.320 e. The molecule has 0 aliphatic carbocycles. The second-order valence-electron chi connectivity index (χ2n) is 5.21. The van der Waals surface area contributed by atoms with Crippen LogP contribution in [0.2, 0.25) is 5.02 Å². The summed E-state index contributed by atoms with van der Waals surface area (Å²) in [6, 6.07) is 21.7. The van der Waals surface area contributed by atoms with E-state index in [1.165, 1.54) is 0 Å². The first-order chi connectivity index (χ1) is 11.7. The Balaban J connectivity index is 1.80. The zero-order chi connectivity index (χ0) is 16.8. The molecule has 1 atom stereocenters. The number of amides is 2. The number of hydrogen-bond acceptors (Lipinski definition) is 2. The van der Waals surface area contributed by atoms with Gasteiger partial charge in [0.2, 0.25) is 0 Å². The normalized spacial score (nSPS) is 11.5. The Morgan fingerprint density at radius 2 is 1.75 bits per heavy atom. The van der Waals surface area contributed by atoms with Crippen LogP contribution in [0.5, 0.6) is 0 Å². The predicted molar refractivity (Wildman–Crippen MR) is 96.1 cm³/mol. The molecular weight excluding hydrogens is 322 g/mol. The van der Waals surface area contributed by atoms with E-state index in [1.807, 2.05) is 48.5 Å². The van der Waals surface area contributed by atoms with Crippen molar-refractivity contribution >= 4 is 23.3 Å². The quantitative estimate of drug-likeness (QED) is 0.728. The van der Waals surface area contributed by atoms with E-state index in [4.69, 9.17) is 11.6 Å². The highest BCUT2D eigenvalue weighted by Gasteiger charge is 2.17. The first-order valence-electron chi connectivity index (χ1n) is 7.51. The lowest BCUT2D eigenvalue weighted by molar-refractivity contribution is 0.250. The number of carbonyl (C=O) groups excluding carboxylic acids is 1. The van der Waals surface area contributed by atoms with Crippen LogP contribution in [0, 0.1) is 0 Å². The molecule has 4 nitrogen and oxygen atoms in total. The molecule has 2 aromatic carbocycles. The highest BCUT2D eigenvalue weighted by atomic mass is 35.5. The minimum atomic E-state index is -0.341. The van der Waals surface area contributed by atoms with Gasteiger partial charge in [0.25, 0.3) is 0 Å².